The van der Waals surface area contributed by atoms with Gasteiger partial charge in [-0.3, -0.25) is 9.59 Å². The summed E-state index contributed by atoms with van der Waals surface area (Å²) in [5.74, 6) is 0.183. The zero-order valence-corrected chi connectivity index (χ0v) is 21.3. The monoisotopic (exact) mass is 485 g/mol. The summed E-state index contributed by atoms with van der Waals surface area (Å²) < 4.78 is 7.30. The third kappa shape index (κ3) is 6.62. The summed E-state index contributed by atoms with van der Waals surface area (Å²) in [5, 5.41) is 15.3. The van der Waals surface area contributed by atoms with Gasteiger partial charge in [-0.25, -0.2) is 0 Å². The Morgan fingerprint density at radius 3 is 2.47 bits per heavy atom. The minimum atomic E-state index is -0.464. The van der Waals surface area contributed by atoms with Crippen molar-refractivity contribution in [2.75, 3.05) is 33.1 Å². The van der Waals surface area contributed by atoms with Crippen molar-refractivity contribution in [3.05, 3.63) is 82.7 Å². The number of amides is 2. The van der Waals surface area contributed by atoms with Gasteiger partial charge < -0.3 is 24.8 Å². The molecule has 0 saturated carbocycles. The van der Waals surface area contributed by atoms with E-state index in [9.17, 15) is 14.9 Å². The molecule has 36 heavy (non-hydrogen) atoms. The molecule has 186 valence electrons. The summed E-state index contributed by atoms with van der Waals surface area (Å²) in [6, 6.07) is 18.9. The van der Waals surface area contributed by atoms with Crippen LogP contribution < -0.4 is 15.4 Å². The molecule has 2 amide bonds. The molecule has 1 aromatic heterocycles. The van der Waals surface area contributed by atoms with Crippen LogP contribution in [-0.2, 0) is 16.1 Å². The molecular weight excluding hydrogens is 454 g/mol. The van der Waals surface area contributed by atoms with Gasteiger partial charge in [0.1, 0.15) is 17.4 Å². The molecule has 1 heterocycles. The number of likely N-dealkylation sites (N-methyl/N-ethyl adjacent to an activating group) is 1. The van der Waals surface area contributed by atoms with Crippen LogP contribution in [0.15, 0.2) is 60.2 Å². The Kier molecular flexibility index (Phi) is 8.66. The normalized spacial score (nSPS) is 11.2. The molecule has 0 aliphatic heterocycles. The van der Waals surface area contributed by atoms with Crippen LogP contribution in [0.2, 0.25) is 0 Å². The Balaban J connectivity index is 1.72. The average molecular weight is 486 g/mol. The highest BCUT2D eigenvalue weighted by Gasteiger charge is 2.14. The van der Waals surface area contributed by atoms with E-state index in [4.69, 9.17) is 4.74 Å². The number of carbonyl (C=O) groups excluding carboxylic acids is 2. The number of rotatable bonds is 9. The second-order valence-electron chi connectivity index (χ2n) is 8.70. The lowest BCUT2D eigenvalue weighted by Gasteiger charge is -2.11. The van der Waals surface area contributed by atoms with Crippen LogP contribution in [0.3, 0.4) is 0 Å². The Labute approximate surface area is 211 Å². The number of anilines is 1. The smallest absolute Gasteiger partial charge is 0.262 e. The molecule has 0 bridgehead atoms. The average Bonchev–Trinajstić information content (AvgIpc) is 3.13. The second kappa shape index (κ2) is 11.9. The molecule has 8 heteroatoms. The van der Waals surface area contributed by atoms with Crippen molar-refractivity contribution in [1.82, 2.24) is 14.8 Å². The third-order valence-corrected chi connectivity index (χ3v) is 5.59. The number of nitrogens with zero attached hydrogens (tertiary/aromatic N) is 3. The van der Waals surface area contributed by atoms with Gasteiger partial charge >= 0.3 is 0 Å². The van der Waals surface area contributed by atoms with Crippen LogP contribution >= 0.6 is 0 Å². The van der Waals surface area contributed by atoms with E-state index in [0.717, 1.165) is 34.0 Å². The number of benzene rings is 2. The van der Waals surface area contributed by atoms with E-state index in [2.05, 4.69) is 15.2 Å². The molecule has 0 fully saturated rings. The van der Waals surface area contributed by atoms with Crippen LogP contribution in [0.5, 0.6) is 5.75 Å². The first-order chi connectivity index (χ1) is 17.2. The quantitative estimate of drug-likeness (QED) is 0.355. The maximum atomic E-state index is 12.8. The summed E-state index contributed by atoms with van der Waals surface area (Å²) in [4.78, 5) is 26.6. The van der Waals surface area contributed by atoms with Gasteiger partial charge in [0.25, 0.3) is 5.91 Å². The molecule has 3 rings (SSSR count). The number of hydrogen-bond donors (Lipinski definition) is 2. The summed E-state index contributed by atoms with van der Waals surface area (Å²) in [6.45, 7) is 4.42. The molecule has 8 nitrogen and oxygen atoms in total. The van der Waals surface area contributed by atoms with Gasteiger partial charge in [-0.2, -0.15) is 5.26 Å². The summed E-state index contributed by atoms with van der Waals surface area (Å²) in [5.41, 5.74) is 5.12. The van der Waals surface area contributed by atoms with Crippen molar-refractivity contribution in [1.29, 1.82) is 5.26 Å². The molecule has 0 saturated heterocycles. The van der Waals surface area contributed by atoms with Crippen LogP contribution in [0, 0.1) is 25.2 Å². The molecule has 2 N–H and O–H groups in total. The van der Waals surface area contributed by atoms with Gasteiger partial charge in [-0.15, -0.1) is 0 Å². The van der Waals surface area contributed by atoms with Crippen LogP contribution in [0.4, 0.5) is 5.69 Å². The number of carbonyl (C=O) groups is 2. The number of ether oxygens (including phenoxy) is 1. The Morgan fingerprint density at radius 2 is 1.83 bits per heavy atom. The van der Waals surface area contributed by atoms with E-state index in [1.54, 1.807) is 30.2 Å². The lowest BCUT2D eigenvalue weighted by molar-refractivity contribution is -0.117. The number of nitriles is 1. The largest absolute Gasteiger partial charge is 0.497 e. The topological polar surface area (TPSA) is 99.4 Å². The minimum Gasteiger partial charge on any atom is -0.497 e. The first-order valence-corrected chi connectivity index (χ1v) is 11.5. The molecule has 2 aromatic carbocycles. The lowest BCUT2D eigenvalue weighted by atomic mass is 10.1. The molecule has 0 unspecified atom stereocenters. The molecule has 0 aliphatic carbocycles. The third-order valence-electron chi connectivity index (χ3n) is 5.59. The molecule has 0 radical (unpaired) electrons. The molecule has 0 aliphatic rings. The summed E-state index contributed by atoms with van der Waals surface area (Å²) >= 11 is 0. The number of hydrogen-bond acceptors (Lipinski definition) is 5. The maximum absolute atomic E-state index is 12.8. The Hall–Kier alpha value is -4.35. The number of nitrogens with one attached hydrogen (secondary N) is 2. The number of aromatic nitrogens is 1. The molecule has 0 spiro atoms. The van der Waals surface area contributed by atoms with Gasteiger partial charge in [-0.1, -0.05) is 12.1 Å². The van der Waals surface area contributed by atoms with Crippen molar-refractivity contribution in [2.45, 2.75) is 20.4 Å². The highest BCUT2D eigenvalue weighted by atomic mass is 16.5. The highest BCUT2D eigenvalue weighted by Crippen LogP contribution is 2.24. The standard InChI is InChI=1S/C28H31N5O3/c1-19-13-22(20(2)33(19)25-9-11-26(36-5)12-10-25)15-23(16-29)28(35)30-17-21-7-6-8-24(14-21)31-27(34)18-32(3)4/h6-15H,17-18H2,1-5H3,(H,30,35)(H,31,34)/b23-15-. The van der Waals surface area contributed by atoms with E-state index in [1.807, 2.05) is 76.5 Å². The molecule has 0 atom stereocenters. The van der Waals surface area contributed by atoms with Crippen molar-refractivity contribution >= 4 is 23.6 Å². The van der Waals surface area contributed by atoms with Crippen LogP contribution in [0.1, 0.15) is 22.5 Å². The van der Waals surface area contributed by atoms with E-state index >= 15 is 0 Å². The van der Waals surface area contributed by atoms with Crippen molar-refractivity contribution in [2.24, 2.45) is 0 Å². The first-order valence-electron chi connectivity index (χ1n) is 11.5. The Morgan fingerprint density at radius 1 is 1.11 bits per heavy atom. The van der Waals surface area contributed by atoms with Crippen LogP contribution in [-0.4, -0.2) is 49.0 Å². The number of aryl methyl sites for hydroxylation is 1. The molecule has 3 aromatic rings. The van der Waals surface area contributed by atoms with Gasteiger partial charge in [0.2, 0.25) is 5.91 Å². The molecular formula is C28H31N5O3. The van der Waals surface area contributed by atoms with E-state index < -0.39 is 5.91 Å². The zero-order valence-electron chi connectivity index (χ0n) is 21.3. The van der Waals surface area contributed by atoms with Gasteiger partial charge in [0, 0.05) is 29.3 Å². The summed E-state index contributed by atoms with van der Waals surface area (Å²) in [7, 11) is 5.27. The zero-order chi connectivity index (χ0) is 26.2. The number of methoxy groups -OCH3 is 1. The predicted molar refractivity (Wildman–Crippen MR) is 141 cm³/mol. The Bertz CT molecular complexity index is 1310. The van der Waals surface area contributed by atoms with E-state index in [-0.39, 0.29) is 24.6 Å². The van der Waals surface area contributed by atoms with Gasteiger partial charge in [-0.05, 0) is 87.6 Å². The minimum absolute atomic E-state index is 0.0143. The van der Waals surface area contributed by atoms with Gasteiger partial charge in [0.15, 0.2) is 0 Å². The van der Waals surface area contributed by atoms with Crippen LogP contribution in [0.25, 0.3) is 11.8 Å². The van der Waals surface area contributed by atoms with Gasteiger partial charge in [0.05, 0.1) is 13.7 Å². The van der Waals surface area contributed by atoms with Crippen molar-refractivity contribution in [3.63, 3.8) is 0 Å². The lowest BCUT2D eigenvalue weighted by Crippen LogP contribution is -2.27. The fourth-order valence-electron chi connectivity index (χ4n) is 3.89. The summed E-state index contributed by atoms with van der Waals surface area (Å²) in [6.07, 6.45) is 1.61. The van der Waals surface area contributed by atoms with Crippen molar-refractivity contribution in [3.8, 4) is 17.5 Å². The highest BCUT2D eigenvalue weighted by molar-refractivity contribution is 6.01. The first kappa shape index (κ1) is 26.3. The van der Waals surface area contributed by atoms with E-state index in [1.165, 1.54) is 0 Å². The SMILES string of the molecule is COc1ccc(-n2c(C)cc(/C=C(/C#N)C(=O)NCc3cccc(NC(=O)CN(C)C)c3)c2C)cc1. The fourth-order valence-corrected chi connectivity index (χ4v) is 3.89. The second-order valence-corrected chi connectivity index (χ2v) is 8.70. The van der Waals surface area contributed by atoms with Crippen molar-refractivity contribution < 1.29 is 14.3 Å². The predicted octanol–water partition coefficient (Wildman–Crippen LogP) is 3.83. The maximum Gasteiger partial charge on any atom is 0.262 e. The fraction of sp³-hybridized carbons (Fsp3) is 0.250. The van der Waals surface area contributed by atoms with E-state index in [0.29, 0.717) is 5.69 Å².